The Labute approximate surface area is 133 Å². The van der Waals surface area contributed by atoms with Gasteiger partial charge in [-0.3, -0.25) is 0 Å². The smallest absolute Gasteiger partial charge is 0.246 e. The fraction of sp³-hybridized carbons (Fsp3) is 0.500. The molecule has 112 valence electrons. The van der Waals surface area contributed by atoms with E-state index in [9.17, 15) is 8.42 Å². The van der Waals surface area contributed by atoms with Crippen LogP contribution in [0.15, 0.2) is 17.0 Å². The van der Waals surface area contributed by atoms with Crippen LogP contribution >= 0.6 is 34.8 Å². The van der Waals surface area contributed by atoms with Gasteiger partial charge in [-0.25, -0.2) is 8.42 Å². The van der Waals surface area contributed by atoms with Crippen LogP contribution in [0, 0.1) is 5.92 Å². The number of benzene rings is 1. The maximum absolute atomic E-state index is 12.6. The lowest BCUT2D eigenvalue weighted by Crippen LogP contribution is -2.33. The molecule has 8 heteroatoms. The third-order valence-corrected chi connectivity index (χ3v) is 6.50. The summed E-state index contributed by atoms with van der Waals surface area (Å²) < 4.78 is 26.6. The molecule has 1 aliphatic heterocycles. The minimum atomic E-state index is -3.73. The van der Waals surface area contributed by atoms with Gasteiger partial charge in [0, 0.05) is 24.2 Å². The summed E-state index contributed by atoms with van der Waals surface area (Å²) in [4.78, 5) is -0.0874. The molecule has 20 heavy (non-hydrogen) atoms. The number of rotatable bonds is 3. The van der Waals surface area contributed by atoms with E-state index in [4.69, 9.17) is 40.5 Å². The van der Waals surface area contributed by atoms with E-state index in [2.05, 4.69) is 0 Å². The highest BCUT2D eigenvalue weighted by Crippen LogP contribution is 2.36. The van der Waals surface area contributed by atoms with Gasteiger partial charge in [0.25, 0.3) is 0 Å². The molecule has 1 saturated heterocycles. The molecule has 2 N–H and O–H groups in total. The fourth-order valence-corrected chi connectivity index (χ4v) is 5.31. The van der Waals surface area contributed by atoms with Crippen LogP contribution in [0.2, 0.25) is 15.1 Å². The number of hydrogen-bond acceptors (Lipinski definition) is 3. The Hall–Kier alpha value is -0.0400. The van der Waals surface area contributed by atoms with Crippen LogP contribution in [0.25, 0.3) is 0 Å². The highest BCUT2D eigenvalue weighted by Gasteiger charge is 2.36. The summed E-state index contributed by atoms with van der Waals surface area (Å²) >= 11 is 17.8. The molecule has 2 atom stereocenters. The first-order chi connectivity index (χ1) is 9.23. The molecule has 1 aliphatic rings. The summed E-state index contributed by atoms with van der Waals surface area (Å²) in [5.41, 5.74) is 5.83. The first kappa shape index (κ1) is 16.3. The van der Waals surface area contributed by atoms with Crippen molar-refractivity contribution >= 4 is 44.8 Å². The molecule has 0 bridgehead atoms. The summed E-state index contributed by atoms with van der Waals surface area (Å²) in [6.45, 7) is 2.68. The van der Waals surface area contributed by atoms with E-state index in [0.717, 1.165) is 6.42 Å². The maximum atomic E-state index is 12.6. The minimum Gasteiger partial charge on any atom is -0.328 e. The van der Waals surface area contributed by atoms with E-state index >= 15 is 0 Å². The molecule has 0 radical (unpaired) electrons. The average Bonchev–Trinajstić information content (AvgIpc) is 2.76. The number of halogens is 3. The van der Waals surface area contributed by atoms with Crippen molar-refractivity contribution < 1.29 is 8.42 Å². The molecule has 1 aromatic carbocycles. The van der Waals surface area contributed by atoms with E-state index in [-0.39, 0.29) is 26.9 Å². The van der Waals surface area contributed by atoms with E-state index in [1.165, 1.54) is 16.4 Å². The van der Waals surface area contributed by atoms with Gasteiger partial charge < -0.3 is 5.73 Å². The molecule has 4 nitrogen and oxygen atoms in total. The Morgan fingerprint density at radius 3 is 2.30 bits per heavy atom. The number of sulfonamides is 1. The van der Waals surface area contributed by atoms with Crippen LogP contribution in [0.3, 0.4) is 0 Å². The molecule has 0 spiro atoms. The SMILES string of the molecule is CC(N)C1CCN(S(=O)(=O)c2c(Cl)cc(Cl)cc2Cl)C1. The summed E-state index contributed by atoms with van der Waals surface area (Å²) in [6.07, 6.45) is 0.736. The lowest BCUT2D eigenvalue weighted by atomic mass is 10.0. The summed E-state index contributed by atoms with van der Waals surface area (Å²) in [6, 6.07) is 2.70. The molecule has 2 unspecified atom stereocenters. The van der Waals surface area contributed by atoms with Crippen LogP contribution in [0.4, 0.5) is 0 Å². The molecule has 0 aromatic heterocycles. The van der Waals surface area contributed by atoms with Gasteiger partial charge in [-0.05, 0) is 31.4 Å². The topological polar surface area (TPSA) is 63.4 Å². The van der Waals surface area contributed by atoms with E-state index in [1.807, 2.05) is 6.92 Å². The van der Waals surface area contributed by atoms with Crippen LogP contribution in [-0.2, 0) is 10.0 Å². The summed E-state index contributed by atoms with van der Waals surface area (Å²) in [5, 5.41) is 0.368. The number of nitrogens with zero attached hydrogens (tertiary/aromatic N) is 1. The van der Waals surface area contributed by atoms with Crippen molar-refractivity contribution in [2.45, 2.75) is 24.3 Å². The number of hydrogen-bond donors (Lipinski definition) is 1. The van der Waals surface area contributed by atoms with Gasteiger partial charge in [0.1, 0.15) is 4.90 Å². The minimum absolute atomic E-state index is 0.0340. The summed E-state index contributed by atoms with van der Waals surface area (Å²) in [5.74, 6) is 0.148. The second kappa shape index (κ2) is 5.99. The quantitative estimate of drug-likeness (QED) is 0.904. The molecule has 1 fully saturated rings. The van der Waals surface area contributed by atoms with Crippen molar-refractivity contribution in [2.75, 3.05) is 13.1 Å². The zero-order valence-corrected chi connectivity index (χ0v) is 13.9. The highest BCUT2D eigenvalue weighted by molar-refractivity contribution is 7.89. The lowest BCUT2D eigenvalue weighted by Gasteiger charge is -2.19. The Bertz CT molecular complexity index is 596. The van der Waals surface area contributed by atoms with Crippen molar-refractivity contribution in [3.8, 4) is 0 Å². The molecular formula is C12H15Cl3N2O2S. The predicted octanol–water partition coefficient (Wildman–Crippen LogP) is 3.00. The van der Waals surface area contributed by atoms with Gasteiger partial charge in [-0.2, -0.15) is 4.31 Å². The Balaban J connectivity index is 2.38. The first-order valence-electron chi connectivity index (χ1n) is 6.13. The standard InChI is InChI=1S/C12H15Cl3N2O2S/c1-7(16)8-2-3-17(6-8)20(18,19)12-10(14)4-9(13)5-11(12)15/h4-5,7-8H,2-3,6,16H2,1H3. The van der Waals surface area contributed by atoms with Gasteiger partial charge in [0.15, 0.2) is 0 Å². The molecular weight excluding hydrogens is 343 g/mol. The van der Waals surface area contributed by atoms with E-state index in [0.29, 0.717) is 18.1 Å². The second-order valence-corrected chi connectivity index (χ2v) is 8.10. The third-order valence-electron chi connectivity index (χ3n) is 3.49. The van der Waals surface area contributed by atoms with Gasteiger partial charge in [-0.15, -0.1) is 0 Å². The largest absolute Gasteiger partial charge is 0.328 e. The van der Waals surface area contributed by atoms with Crippen molar-refractivity contribution in [1.29, 1.82) is 0 Å². The molecule has 1 heterocycles. The normalized spacial score (nSPS) is 22.1. The molecule has 2 rings (SSSR count). The third kappa shape index (κ3) is 3.08. The average molecular weight is 358 g/mol. The molecule has 0 saturated carbocycles. The summed E-state index contributed by atoms with van der Waals surface area (Å²) in [7, 11) is -3.73. The second-order valence-electron chi connectivity index (χ2n) is 4.97. The molecule has 1 aromatic rings. The van der Waals surface area contributed by atoms with Crippen LogP contribution in [0.5, 0.6) is 0 Å². The zero-order chi connectivity index (χ0) is 15.1. The van der Waals surface area contributed by atoms with Gasteiger partial charge in [-0.1, -0.05) is 34.8 Å². The maximum Gasteiger partial charge on any atom is 0.246 e. The lowest BCUT2D eigenvalue weighted by molar-refractivity contribution is 0.429. The number of nitrogens with two attached hydrogens (primary N) is 1. The first-order valence-corrected chi connectivity index (χ1v) is 8.71. The van der Waals surface area contributed by atoms with Gasteiger partial charge >= 0.3 is 0 Å². The van der Waals surface area contributed by atoms with Gasteiger partial charge in [0.2, 0.25) is 10.0 Å². The fourth-order valence-electron chi connectivity index (χ4n) is 2.31. The van der Waals surface area contributed by atoms with Crippen LogP contribution < -0.4 is 5.73 Å². The molecule has 0 amide bonds. The Morgan fingerprint density at radius 1 is 1.30 bits per heavy atom. The van der Waals surface area contributed by atoms with Gasteiger partial charge in [0.05, 0.1) is 10.0 Å². The van der Waals surface area contributed by atoms with Crippen molar-refractivity contribution in [1.82, 2.24) is 4.31 Å². The van der Waals surface area contributed by atoms with Crippen LogP contribution in [0.1, 0.15) is 13.3 Å². The van der Waals surface area contributed by atoms with Crippen LogP contribution in [-0.4, -0.2) is 31.9 Å². The zero-order valence-electron chi connectivity index (χ0n) is 10.8. The van der Waals surface area contributed by atoms with Crippen molar-refractivity contribution in [2.24, 2.45) is 11.7 Å². The van der Waals surface area contributed by atoms with Crippen molar-refractivity contribution in [3.63, 3.8) is 0 Å². The monoisotopic (exact) mass is 356 g/mol. The van der Waals surface area contributed by atoms with E-state index in [1.54, 1.807) is 0 Å². The Morgan fingerprint density at radius 2 is 1.85 bits per heavy atom. The molecule has 0 aliphatic carbocycles. The predicted molar refractivity (Wildman–Crippen MR) is 82.0 cm³/mol. The van der Waals surface area contributed by atoms with Crippen molar-refractivity contribution in [3.05, 3.63) is 27.2 Å². The Kier molecular flexibility index (Phi) is 4.89. The van der Waals surface area contributed by atoms with E-state index < -0.39 is 10.0 Å². The highest BCUT2D eigenvalue weighted by atomic mass is 35.5.